The summed E-state index contributed by atoms with van der Waals surface area (Å²) in [5.41, 5.74) is 0. The van der Waals surface area contributed by atoms with Crippen LogP contribution >= 0.6 is 0 Å². The summed E-state index contributed by atoms with van der Waals surface area (Å²) < 4.78 is 21.6. The number of amides is 2. The molecule has 1 saturated carbocycles. The van der Waals surface area contributed by atoms with Gasteiger partial charge in [0.2, 0.25) is 5.91 Å². The number of methoxy groups -OCH3 is 2. The van der Waals surface area contributed by atoms with Crippen molar-refractivity contribution in [1.29, 1.82) is 0 Å². The fraction of sp³-hybridized carbons (Fsp3) is 0.857. The van der Waals surface area contributed by atoms with Crippen molar-refractivity contribution in [3.63, 3.8) is 0 Å². The van der Waals surface area contributed by atoms with Crippen LogP contribution < -0.4 is 0 Å². The lowest BCUT2D eigenvalue weighted by molar-refractivity contribution is -0.177. The van der Waals surface area contributed by atoms with Crippen molar-refractivity contribution in [1.82, 2.24) is 4.90 Å². The number of likely N-dealkylation sites (tertiary alicyclic amines) is 1. The van der Waals surface area contributed by atoms with Crippen molar-refractivity contribution < 1.29 is 28.5 Å². The number of hydrogen-bond donors (Lipinski definition) is 0. The van der Waals surface area contributed by atoms with Crippen LogP contribution in [0, 0.1) is 11.8 Å². The van der Waals surface area contributed by atoms with E-state index >= 15 is 0 Å². The Hall–Kier alpha value is -1.18. The maximum absolute atomic E-state index is 12.5. The van der Waals surface area contributed by atoms with Crippen molar-refractivity contribution in [3.8, 4) is 0 Å². The molecule has 2 saturated heterocycles. The quantitative estimate of drug-likeness (QED) is 0.750. The first-order valence-electron chi connectivity index (χ1n) is 7.30. The summed E-state index contributed by atoms with van der Waals surface area (Å²) >= 11 is 0. The van der Waals surface area contributed by atoms with Gasteiger partial charge in [-0.25, -0.2) is 9.69 Å². The third-order valence-corrected chi connectivity index (χ3v) is 4.80. The second-order valence-electron chi connectivity index (χ2n) is 5.82. The molecule has 1 aliphatic carbocycles. The molecular formula is C14H21NO6. The van der Waals surface area contributed by atoms with Crippen molar-refractivity contribution in [3.05, 3.63) is 0 Å². The number of carbonyl (C=O) groups is 2. The van der Waals surface area contributed by atoms with Gasteiger partial charge in [0, 0.05) is 31.8 Å². The van der Waals surface area contributed by atoms with Crippen LogP contribution in [0.25, 0.3) is 0 Å². The molecule has 0 aromatic rings. The van der Waals surface area contributed by atoms with E-state index in [4.69, 9.17) is 18.9 Å². The molecule has 1 spiro atoms. The zero-order chi connectivity index (χ0) is 15.0. The van der Waals surface area contributed by atoms with Gasteiger partial charge in [0.1, 0.15) is 0 Å². The molecule has 3 rings (SSSR count). The van der Waals surface area contributed by atoms with Gasteiger partial charge >= 0.3 is 6.09 Å². The maximum Gasteiger partial charge on any atom is 0.416 e. The van der Waals surface area contributed by atoms with Crippen molar-refractivity contribution in [2.24, 2.45) is 11.8 Å². The fourth-order valence-corrected chi connectivity index (χ4v) is 3.86. The van der Waals surface area contributed by atoms with Crippen LogP contribution in [0.4, 0.5) is 4.79 Å². The van der Waals surface area contributed by atoms with Gasteiger partial charge in [-0.05, 0) is 6.42 Å². The molecule has 0 N–H and O–H groups in total. The third kappa shape index (κ3) is 2.33. The van der Waals surface area contributed by atoms with Crippen LogP contribution in [0.5, 0.6) is 0 Å². The number of ether oxygens (including phenoxy) is 4. The number of hydrogen-bond acceptors (Lipinski definition) is 6. The number of fused-ring (bicyclic) bond motifs is 2. The lowest BCUT2D eigenvalue weighted by Crippen LogP contribution is -2.47. The highest BCUT2D eigenvalue weighted by atomic mass is 16.7. The fourth-order valence-electron chi connectivity index (χ4n) is 3.86. The second kappa shape index (κ2) is 5.55. The van der Waals surface area contributed by atoms with Gasteiger partial charge in [-0.2, -0.15) is 0 Å². The molecule has 0 aromatic heterocycles. The topological polar surface area (TPSA) is 74.3 Å². The number of carbonyl (C=O) groups excluding carboxylic acids is 2. The van der Waals surface area contributed by atoms with E-state index in [2.05, 4.69) is 0 Å². The molecule has 3 aliphatic rings. The normalized spacial score (nSPS) is 34.3. The van der Waals surface area contributed by atoms with Crippen molar-refractivity contribution >= 4 is 12.0 Å². The Bertz CT molecular complexity index is 433. The Morgan fingerprint density at radius 1 is 1.38 bits per heavy atom. The van der Waals surface area contributed by atoms with Gasteiger partial charge in [0.25, 0.3) is 0 Å². The predicted octanol–water partition coefficient (Wildman–Crippen LogP) is 0.769. The highest BCUT2D eigenvalue weighted by Gasteiger charge is 2.57. The Labute approximate surface area is 123 Å². The van der Waals surface area contributed by atoms with E-state index < -0.39 is 11.9 Å². The summed E-state index contributed by atoms with van der Waals surface area (Å²) in [7, 11) is 2.89. The summed E-state index contributed by atoms with van der Waals surface area (Å²) in [6.45, 7) is 1.54. The molecule has 0 aromatic carbocycles. The highest BCUT2D eigenvalue weighted by Crippen LogP contribution is 2.46. The van der Waals surface area contributed by atoms with E-state index in [-0.39, 0.29) is 23.8 Å². The van der Waals surface area contributed by atoms with Gasteiger partial charge in [-0.15, -0.1) is 0 Å². The molecule has 0 radical (unpaired) electrons. The average Bonchev–Trinajstić information content (AvgIpc) is 2.97. The Morgan fingerprint density at radius 2 is 2.10 bits per heavy atom. The van der Waals surface area contributed by atoms with Crippen LogP contribution in [-0.2, 0) is 23.7 Å². The molecule has 3 fully saturated rings. The van der Waals surface area contributed by atoms with Gasteiger partial charge in [0.15, 0.2) is 5.79 Å². The number of imide groups is 1. The van der Waals surface area contributed by atoms with E-state index in [1.54, 1.807) is 7.11 Å². The van der Waals surface area contributed by atoms with Crippen LogP contribution in [0.1, 0.15) is 19.3 Å². The van der Waals surface area contributed by atoms with E-state index in [9.17, 15) is 9.59 Å². The largest absolute Gasteiger partial charge is 0.452 e. The Morgan fingerprint density at radius 3 is 2.71 bits per heavy atom. The first kappa shape index (κ1) is 14.7. The van der Waals surface area contributed by atoms with E-state index in [1.807, 2.05) is 0 Å². The molecule has 0 unspecified atom stereocenters. The zero-order valence-electron chi connectivity index (χ0n) is 12.4. The summed E-state index contributed by atoms with van der Waals surface area (Å²) in [5.74, 6) is -1.10. The molecule has 2 aliphatic heterocycles. The summed E-state index contributed by atoms with van der Waals surface area (Å²) in [6, 6.07) is -0.296. The Kier molecular flexibility index (Phi) is 3.90. The first-order valence-corrected chi connectivity index (χ1v) is 7.30. The Balaban J connectivity index is 1.91. The van der Waals surface area contributed by atoms with Gasteiger partial charge < -0.3 is 18.9 Å². The predicted molar refractivity (Wildman–Crippen MR) is 70.4 cm³/mol. The summed E-state index contributed by atoms with van der Waals surface area (Å²) in [5, 5.41) is 0. The molecule has 7 nitrogen and oxygen atoms in total. The number of nitrogens with zero attached hydrogens (tertiary/aromatic N) is 1. The summed E-state index contributed by atoms with van der Waals surface area (Å²) in [4.78, 5) is 25.7. The molecule has 118 valence electrons. The highest BCUT2D eigenvalue weighted by molar-refractivity contribution is 5.96. The molecule has 7 heteroatoms. The summed E-state index contributed by atoms with van der Waals surface area (Å²) in [6.07, 6.45) is 1.19. The molecule has 2 heterocycles. The minimum Gasteiger partial charge on any atom is -0.452 e. The zero-order valence-corrected chi connectivity index (χ0v) is 12.4. The van der Waals surface area contributed by atoms with Crippen LogP contribution in [0.2, 0.25) is 0 Å². The van der Waals surface area contributed by atoms with Crippen LogP contribution in [0.3, 0.4) is 0 Å². The van der Waals surface area contributed by atoms with E-state index in [0.29, 0.717) is 39.1 Å². The SMILES string of the molecule is COC[C@@H]1[C@@H]2CCC3(C[C@H]1N(C(=O)OC)C2=O)OCCO3. The van der Waals surface area contributed by atoms with Crippen LogP contribution in [0.15, 0.2) is 0 Å². The maximum atomic E-state index is 12.5. The van der Waals surface area contributed by atoms with Gasteiger partial charge in [0.05, 0.1) is 33.0 Å². The minimum atomic E-state index is -0.668. The van der Waals surface area contributed by atoms with Crippen molar-refractivity contribution in [2.45, 2.75) is 31.1 Å². The lowest BCUT2D eigenvalue weighted by Gasteiger charge is -2.33. The molecular weight excluding hydrogens is 278 g/mol. The first-order chi connectivity index (χ1) is 10.1. The molecule has 3 atom stereocenters. The average molecular weight is 299 g/mol. The van der Waals surface area contributed by atoms with Gasteiger partial charge in [-0.3, -0.25) is 4.79 Å². The monoisotopic (exact) mass is 299 g/mol. The van der Waals surface area contributed by atoms with Gasteiger partial charge in [-0.1, -0.05) is 0 Å². The third-order valence-electron chi connectivity index (χ3n) is 4.80. The lowest BCUT2D eigenvalue weighted by atomic mass is 9.90. The molecule has 2 amide bonds. The number of rotatable bonds is 2. The standard InChI is InChI=1S/C14H21NO6/c1-18-8-10-9-3-4-14(20-5-6-21-14)7-11(10)15(12(9)16)13(17)19-2/h9-11H,3-8H2,1-2H3/t9-,10+,11+/m0/s1. The second-order valence-corrected chi connectivity index (χ2v) is 5.82. The minimum absolute atomic E-state index is 0.0335. The van der Waals surface area contributed by atoms with Crippen molar-refractivity contribution in [2.75, 3.05) is 34.0 Å². The van der Waals surface area contributed by atoms with E-state index in [0.717, 1.165) is 0 Å². The van der Waals surface area contributed by atoms with Crippen LogP contribution in [-0.4, -0.2) is 62.8 Å². The molecule has 21 heavy (non-hydrogen) atoms. The smallest absolute Gasteiger partial charge is 0.416 e. The van der Waals surface area contributed by atoms with E-state index in [1.165, 1.54) is 12.0 Å². The molecule has 2 bridgehead atoms.